The minimum Gasteiger partial charge on any atom is -0.488 e. The van der Waals surface area contributed by atoms with Crippen molar-refractivity contribution in [2.24, 2.45) is 4.99 Å². The Labute approximate surface area is 220 Å². The van der Waals surface area contributed by atoms with E-state index in [2.05, 4.69) is 23.1 Å². The van der Waals surface area contributed by atoms with E-state index in [1.54, 1.807) is 18.0 Å². The molecule has 0 aliphatic carbocycles. The highest BCUT2D eigenvalue weighted by Crippen LogP contribution is 2.35. The molecule has 2 aliphatic rings. The predicted octanol–water partition coefficient (Wildman–Crippen LogP) is 5.21. The minimum atomic E-state index is -0.113. The Morgan fingerprint density at radius 3 is 2.57 bits per heavy atom. The Balaban J connectivity index is 1.32. The Morgan fingerprint density at radius 2 is 1.78 bits per heavy atom. The molecule has 0 saturated carbocycles. The number of anilines is 1. The third-order valence-electron chi connectivity index (χ3n) is 6.18. The molecule has 5 rings (SSSR count). The molecule has 2 heterocycles. The largest absolute Gasteiger partial charge is 0.488 e. The first-order chi connectivity index (χ1) is 18.1. The summed E-state index contributed by atoms with van der Waals surface area (Å²) < 4.78 is 11.5. The first-order valence-corrected chi connectivity index (χ1v) is 12.8. The van der Waals surface area contributed by atoms with Gasteiger partial charge in [-0.2, -0.15) is 5.26 Å². The number of ether oxygens (including phenoxy) is 2. The molecule has 0 atom stereocenters. The van der Waals surface area contributed by atoms with E-state index in [0.29, 0.717) is 21.4 Å². The highest BCUT2D eigenvalue weighted by atomic mass is 32.2. The van der Waals surface area contributed by atoms with Crippen molar-refractivity contribution in [1.82, 2.24) is 4.90 Å². The second-order valence-corrected chi connectivity index (χ2v) is 9.59. The van der Waals surface area contributed by atoms with Crippen LogP contribution in [0.5, 0.6) is 5.75 Å². The summed E-state index contributed by atoms with van der Waals surface area (Å²) in [5, 5.41) is 9.96. The number of likely N-dealkylation sites (N-methyl/N-ethyl adjacent to an activating group) is 1. The molecule has 186 valence electrons. The molecule has 3 aromatic rings. The van der Waals surface area contributed by atoms with Crippen molar-refractivity contribution in [3.63, 3.8) is 0 Å². The van der Waals surface area contributed by atoms with E-state index in [4.69, 9.17) is 14.5 Å². The molecular weight excluding hydrogens is 484 g/mol. The molecule has 0 bridgehead atoms. The van der Waals surface area contributed by atoms with Gasteiger partial charge in [0.2, 0.25) is 0 Å². The zero-order chi connectivity index (χ0) is 25.6. The number of hydrogen-bond donors (Lipinski definition) is 0. The fourth-order valence-corrected chi connectivity index (χ4v) is 5.08. The monoisotopic (exact) mass is 510 g/mol. The van der Waals surface area contributed by atoms with Gasteiger partial charge in [-0.05, 0) is 54.2 Å². The van der Waals surface area contributed by atoms with Crippen molar-refractivity contribution in [3.05, 3.63) is 94.4 Å². The van der Waals surface area contributed by atoms with Crippen molar-refractivity contribution in [2.45, 2.75) is 6.61 Å². The van der Waals surface area contributed by atoms with Crippen molar-refractivity contribution in [1.29, 1.82) is 5.26 Å². The second kappa shape index (κ2) is 11.3. The quantitative estimate of drug-likeness (QED) is 0.424. The van der Waals surface area contributed by atoms with Gasteiger partial charge in [0, 0.05) is 37.0 Å². The van der Waals surface area contributed by atoms with Gasteiger partial charge in [-0.1, -0.05) is 36.4 Å². The standard InChI is InChI=1S/C29H26N4O3S/c1-32-28(34)27(37-29(32)31-24-10-12-25(13-11-24)33-14-16-35-17-15-33)18-21-6-4-5-9-26(21)36-20-23-8-3-2-7-22(23)19-30/h2-13,18H,14-17,20H2,1H3. The van der Waals surface area contributed by atoms with Crippen LogP contribution in [0.1, 0.15) is 16.7 Å². The fourth-order valence-electron chi connectivity index (χ4n) is 4.10. The third kappa shape index (κ3) is 5.69. The van der Waals surface area contributed by atoms with Crippen molar-refractivity contribution < 1.29 is 14.3 Å². The molecule has 7 nitrogen and oxygen atoms in total. The average Bonchev–Trinajstić information content (AvgIpc) is 3.21. The molecule has 1 amide bonds. The number of carbonyl (C=O) groups is 1. The molecule has 2 aliphatic heterocycles. The van der Waals surface area contributed by atoms with E-state index in [-0.39, 0.29) is 12.5 Å². The minimum absolute atomic E-state index is 0.113. The number of nitrogens with zero attached hydrogens (tertiary/aromatic N) is 4. The van der Waals surface area contributed by atoms with Crippen LogP contribution in [0.3, 0.4) is 0 Å². The van der Waals surface area contributed by atoms with Crippen LogP contribution in [0.15, 0.2) is 82.7 Å². The SMILES string of the molecule is CN1C(=O)C(=Cc2ccccc2OCc2ccccc2C#N)SC1=Nc1ccc(N2CCOCC2)cc1. The summed E-state index contributed by atoms with van der Waals surface area (Å²) in [7, 11) is 1.73. The summed E-state index contributed by atoms with van der Waals surface area (Å²) >= 11 is 1.34. The van der Waals surface area contributed by atoms with E-state index >= 15 is 0 Å². The van der Waals surface area contributed by atoms with E-state index in [9.17, 15) is 10.1 Å². The van der Waals surface area contributed by atoms with Crippen LogP contribution in [0.25, 0.3) is 6.08 Å². The predicted molar refractivity (Wildman–Crippen MR) is 147 cm³/mol. The third-order valence-corrected chi connectivity index (χ3v) is 7.24. The van der Waals surface area contributed by atoms with Crippen LogP contribution >= 0.6 is 11.8 Å². The molecule has 0 unspecified atom stereocenters. The molecule has 0 spiro atoms. The van der Waals surface area contributed by atoms with Gasteiger partial charge in [-0.3, -0.25) is 9.69 Å². The summed E-state index contributed by atoms with van der Waals surface area (Å²) in [5.41, 5.74) is 4.12. The van der Waals surface area contributed by atoms with Gasteiger partial charge >= 0.3 is 0 Å². The van der Waals surface area contributed by atoms with Crippen molar-refractivity contribution in [2.75, 3.05) is 38.3 Å². The molecular formula is C29H26N4O3S. The number of carbonyl (C=O) groups excluding carboxylic acids is 1. The summed E-state index contributed by atoms with van der Waals surface area (Å²) in [6.07, 6.45) is 1.83. The number of thioether (sulfide) groups is 1. The van der Waals surface area contributed by atoms with E-state index < -0.39 is 0 Å². The number of rotatable bonds is 6. The summed E-state index contributed by atoms with van der Waals surface area (Å²) in [4.78, 5) is 22.2. The number of benzene rings is 3. The lowest BCUT2D eigenvalue weighted by atomic mass is 10.1. The van der Waals surface area contributed by atoms with Gasteiger partial charge in [-0.25, -0.2) is 4.99 Å². The highest BCUT2D eigenvalue weighted by molar-refractivity contribution is 8.18. The van der Waals surface area contributed by atoms with Crippen LogP contribution in [-0.4, -0.2) is 49.3 Å². The normalized spacial score (nSPS) is 17.9. The smallest absolute Gasteiger partial charge is 0.266 e. The molecule has 0 N–H and O–H groups in total. The maximum atomic E-state index is 13.0. The fraction of sp³-hybridized carbons (Fsp3) is 0.207. The van der Waals surface area contributed by atoms with Gasteiger partial charge < -0.3 is 14.4 Å². The molecule has 3 aromatic carbocycles. The molecule has 8 heteroatoms. The van der Waals surface area contributed by atoms with Crippen molar-refractivity contribution in [3.8, 4) is 11.8 Å². The lowest BCUT2D eigenvalue weighted by molar-refractivity contribution is -0.121. The zero-order valence-corrected chi connectivity index (χ0v) is 21.3. The molecule has 2 fully saturated rings. The molecule has 2 saturated heterocycles. The number of para-hydroxylation sites is 1. The molecule has 37 heavy (non-hydrogen) atoms. The lowest BCUT2D eigenvalue weighted by Gasteiger charge is -2.28. The Hall–Kier alpha value is -4.06. The van der Waals surface area contributed by atoms with Crippen LogP contribution in [0.2, 0.25) is 0 Å². The number of aliphatic imine (C=N–C) groups is 1. The first kappa shape index (κ1) is 24.6. The number of amidine groups is 1. The van der Waals surface area contributed by atoms with Crippen LogP contribution in [0.4, 0.5) is 11.4 Å². The van der Waals surface area contributed by atoms with Crippen LogP contribution in [0, 0.1) is 11.3 Å². The molecule has 0 aromatic heterocycles. The van der Waals surface area contributed by atoms with Gasteiger partial charge in [0.25, 0.3) is 5.91 Å². The summed E-state index contributed by atoms with van der Waals surface area (Å²) in [6.45, 7) is 3.50. The van der Waals surface area contributed by atoms with E-state index in [0.717, 1.165) is 48.8 Å². The Kier molecular flexibility index (Phi) is 7.54. The van der Waals surface area contributed by atoms with Crippen LogP contribution in [-0.2, 0) is 16.1 Å². The van der Waals surface area contributed by atoms with Gasteiger partial charge in [0.05, 0.1) is 35.4 Å². The molecule has 0 radical (unpaired) electrons. The first-order valence-electron chi connectivity index (χ1n) is 12.0. The number of morpholine rings is 1. The average molecular weight is 511 g/mol. The maximum Gasteiger partial charge on any atom is 0.266 e. The summed E-state index contributed by atoms with van der Waals surface area (Å²) in [6, 6.07) is 25.2. The Morgan fingerprint density at radius 1 is 1.05 bits per heavy atom. The van der Waals surface area contributed by atoms with Gasteiger partial charge in [-0.15, -0.1) is 0 Å². The second-order valence-electron chi connectivity index (χ2n) is 8.58. The van der Waals surface area contributed by atoms with E-state index in [1.807, 2.05) is 60.7 Å². The van der Waals surface area contributed by atoms with E-state index in [1.165, 1.54) is 11.8 Å². The number of hydrogen-bond acceptors (Lipinski definition) is 7. The highest BCUT2D eigenvalue weighted by Gasteiger charge is 2.30. The Bertz CT molecular complexity index is 1390. The van der Waals surface area contributed by atoms with Gasteiger partial charge in [0.15, 0.2) is 5.17 Å². The van der Waals surface area contributed by atoms with Crippen LogP contribution < -0.4 is 9.64 Å². The number of amides is 1. The number of nitriles is 1. The zero-order valence-electron chi connectivity index (χ0n) is 20.5. The van der Waals surface area contributed by atoms with Crippen molar-refractivity contribution >= 4 is 40.3 Å². The lowest BCUT2D eigenvalue weighted by Crippen LogP contribution is -2.36. The maximum absolute atomic E-state index is 13.0. The topological polar surface area (TPSA) is 78.2 Å². The van der Waals surface area contributed by atoms with Gasteiger partial charge in [0.1, 0.15) is 12.4 Å². The summed E-state index contributed by atoms with van der Waals surface area (Å²) in [5.74, 6) is 0.529.